The lowest BCUT2D eigenvalue weighted by atomic mass is 10.1. The predicted octanol–water partition coefficient (Wildman–Crippen LogP) is 1.49. The van der Waals surface area contributed by atoms with E-state index in [2.05, 4.69) is 12.1 Å². The number of rotatable bonds is 4. The number of amides is 1. The molecule has 0 unspecified atom stereocenters. The van der Waals surface area contributed by atoms with E-state index in [0.29, 0.717) is 6.42 Å². The van der Waals surface area contributed by atoms with Crippen molar-refractivity contribution in [2.75, 3.05) is 0 Å². The van der Waals surface area contributed by atoms with Crippen LogP contribution in [0.5, 0.6) is 0 Å². The Labute approximate surface area is 72.4 Å². The van der Waals surface area contributed by atoms with E-state index in [1.807, 2.05) is 18.2 Å². The third-order valence-corrected chi connectivity index (χ3v) is 1.73. The Bertz CT molecular complexity index is 243. The Balaban J connectivity index is 2.29. The van der Waals surface area contributed by atoms with Crippen molar-refractivity contribution in [2.24, 2.45) is 5.73 Å². The standard InChI is InChI=1S/C10H13NO/c11-10(12)8-4-7-9-5-2-1-3-6-9/h1-3,5-6H,4,7-8H2,(H2,11,12). The Morgan fingerprint density at radius 2 is 1.92 bits per heavy atom. The summed E-state index contributed by atoms with van der Waals surface area (Å²) in [6.45, 7) is 0. The Morgan fingerprint density at radius 3 is 2.50 bits per heavy atom. The van der Waals surface area contributed by atoms with Gasteiger partial charge in [0.1, 0.15) is 0 Å². The largest absolute Gasteiger partial charge is 0.370 e. The quantitative estimate of drug-likeness (QED) is 0.718. The minimum absolute atomic E-state index is 0.217. The molecule has 1 rings (SSSR count). The number of hydrogen-bond donors (Lipinski definition) is 1. The van der Waals surface area contributed by atoms with Gasteiger partial charge >= 0.3 is 0 Å². The van der Waals surface area contributed by atoms with E-state index in [4.69, 9.17) is 5.73 Å². The molecule has 12 heavy (non-hydrogen) atoms. The number of carbonyl (C=O) groups is 1. The van der Waals surface area contributed by atoms with Gasteiger partial charge in [-0.25, -0.2) is 0 Å². The number of hydrogen-bond acceptors (Lipinski definition) is 1. The first-order valence-electron chi connectivity index (χ1n) is 4.11. The summed E-state index contributed by atoms with van der Waals surface area (Å²) in [5, 5.41) is 0. The highest BCUT2D eigenvalue weighted by atomic mass is 16.1. The topological polar surface area (TPSA) is 43.1 Å². The molecule has 0 aliphatic rings. The van der Waals surface area contributed by atoms with E-state index in [-0.39, 0.29) is 5.91 Å². The van der Waals surface area contributed by atoms with Gasteiger partial charge in [-0.05, 0) is 18.4 Å². The second kappa shape index (κ2) is 4.54. The Morgan fingerprint density at radius 1 is 1.25 bits per heavy atom. The summed E-state index contributed by atoms with van der Waals surface area (Å²) in [6, 6.07) is 10.1. The van der Waals surface area contributed by atoms with Gasteiger partial charge in [0.2, 0.25) is 5.91 Å². The van der Waals surface area contributed by atoms with Crippen LogP contribution in [0, 0.1) is 0 Å². The Hall–Kier alpha value is -1.31. The zero-order valence-corrected chi connectivity index (χ0v) is 6.99. The van der Waals surface area contributed by atoms with E-state index in [1.54, 1.807) is 0 Å². The zero-order chi connectivity index (χ0) is 8.81. The van der Waals surface area contributed by atoms with E-state index < -0.39 is 0 Å². The van der Waals surface area contributed by atoms with Gasteiger partial charge in [-0.15, -0.1) is 0 Å². The van der Waals surface area contributed by atoms with Gasteiger partial charge in [0.05, 0.1) is 0 Å². The summed E-state index contributed by atoms with van der Waals surface area (Å²) in [4.78, 5) is 10.4. The lowest BCUT2D eigenvalue weighted by Crippen LogP contribution is -2.10. The lowest BCUT2D eigenvalue weighted by molar-refractivity contribution is -0.118. The molecular formula is C10H13NO. The summed E-state index contributed by atoms with van der Waals surface area (Å²) in [5.74, 6) is -0.217. The molecule has 1 amide bonds. The van der Waals surface area contributed by atoms with Crippen LogP contribution in [0.3, 0.4) is 0 Å². The second-order valence-electron chi connectivity index (χ2n) is 2.81. The maximum atomic E-state index is 10.4. The number of primary amides is 1. The molecule has 1 aromatic rings. The zero-order valence-electron chi connectivity index (χ0n) is 6.99. The van der Waals surface area contributed by atoms with Crippen molar-refractivity contribution in [1.29, 1.82) is 0 Å². The molecule has 0 heterocycles. The molecule has 2 nitrogen and oxygen atoms in total. The number of carbonyl (C=O) groups excluding carboxylic acids is 1. The van der Waals surface area contributed by atoms with Crippen LogP contribution in [0.1, 0.15) is 18.4 Å². The summed E-state index contributed by atoms with van der Waals surface area (Å²) >= 11 is 0. The van der Waals surface area contributed by atoms with Crippen molar-refractivity contribution in [2.45, 2.75) is 19.3 Å². The minimum atomic E-state index is -0.217. The highest BCUT2D eigenvalue weighted by Gasteiger charge is 1.95. The van der Waals surface area contributed by atoms with E-state index in [0.717, 1.165) is 12.8 Å². The molecule has 2 heteroatoms. The highest BCUT2D eigenvalue weighted by Crippen LogP contribution is 2.03. The van der Waals surface area contributed by atoms with Gasteiger partial charge in [-0.2, -0.15) is 0 Å². The third-order valence-electron chi connectivity index (χ3n) is 1.73. The van der Waals surface area contributed by atoms with Crippen molar-refractivity contribution in [1.82, 2.24) is 0 Å². The normalized spacial score (nSPS) is 9.67. The molecule has 0 atom stereocenters. The summed E-state index contributed by atoms with van der Waals surface area (Å²) in [7, 11) is 0. The van der Waals surface area contributed by atoms with Gasteiger partial charge < -0.3 is 5.73 Å². The molecule has 0 saturated carbocycles. The van der Waals surface area contributed by atoms with Gasteiger partial charge in [0.25, 0.3) is 0 Å². The summed E-state index contributed by atoms with van der Waals surface area (Å²) < 4.78 is 0. The van der Waals surface area contributed by atoms with Crippen LogP contribution < -0.4 is 5.73 Å². The Kier molecular flexibility index (Phi) is 3.33. The van der Waals surface area contributed by atoms with E-state index >= 15 is 0 Å². The number of aryl methyl sites for hydroxylation is 1. The molecule has 64 valence electrons. The maximum absolute atomic E-state index is 10.4. The number of benzene rings is 1. The fraction of sp³-hybridized carbons (Fsp3) is 0.300. The van der Waals surface area contributed by atoms with Crippen molar-refractivity contribution in [3.8, 4) is 0 Å². The molecule has 0 aromatic heterocycles. The van der Waals surface area contributed by atoms with Gasteiger partial charge in [-0.1, -0.05) is 30.3 Å². The predicted molar refractivity (Wildman–Crippen MR) is 48.6 cm³/mol. The van der Waals surface area contributed by atoms with E-state index in [1.165, 1.54) is 5.56 Å². The fourth-order valence-corrected chi connectivity index (χ4v) is 1.11. The van der Waals surface area contributed by atoms with Crippen LogP contribution >= 0.6 is 0 Å². The van der Waals surface area contributed by atoms with Crippen molar-refractivity contribution in [3.05, 3.63) is 35.9 Å². The molecule has 0 spiro atoms. The maximum Gasteiger partial charge on any atom is 0.217 e. The molecule has 0 saturated heterocycles. The van der Waals surface area contributed by atoms with Gasteiger partial charge in [0, 0.05) is 6.42 Å². The first kappa shape index (κ1) is 8.78. The number of nitrogens with two attached hydrogens (primary N) is 1. The fourth-order valence-electron chi connectivity index (χ4n) is 1.11. The molecule has 0 radical (unpaired) electrons. The van der Waals surface area contributed by atoms with Crippen LogP contribution in [-0.2, 0) is 11.2 Å². The first-order chi connectivity index (χ1) is 5.79. The average molecular weight is 163 g/mol. The molecule has 2 N–H and O–H groups in total. The van der Waals surface area contributed by atoms with Crippen LogP contribution in [0.15, 0.2) is 30.3 Å². The minimum Gasteiger partial charge on any atom is -0.370 e. The van der Waals surface area contributed by atoms with E-state index in [9.17, 15) is 4.79 Å². The molecule has 0 bridgehead atoms. The molecule has 0 aliphatic heterocycles. The van der Waals surface area contributed by atoms with Crippen LogP contribution in [0.2, 0.25) is 0 Å². The van der Waals surface area contributed by atoms with Crippen molar-refractivity contribution >= 4 is 5.91 Å². The smallest absolute Gasteiger partial charge is 0.217 e. The van der Waals surface area contributed by atoms with Crippen molar-refractivity contribution < 1.29 is 4.79 Å². The lowest BCUT2D eigenvalue weighted by Gasteiger charge is -1.97. The molecule has 0 fully saturated rings. The van der Waals surface area contributed by atoms with Crippen LogP contribution in [0.25, 0.3) is 0 Å². The molecular weight excluding hydrogens is 150 g/mol. The SMILES string of the molecule is NC(=O)CCCc1ccccc1. The van der Waals surface area contributed by atoms with Crippen LogP contribution in [-0.4, -0.2) is 5.91 Å². The monoisotopic (exact) mass is 163 g/mol. The average Bonchev–Trinajstić information content (AvgIpc) is 2.05. The third kappa shape index (κ3) is 3.19. The summed E-state index contributed by atoms with van der Waals surface area (Å²) in [5.41, 5.74) is 6.28. The van der Waals surface area contributed by atoms with Gasteiger partial charge in [0.15, 0.2) is 0 Å². The first-order valence-corrected chi connectivity index (χ1v) is 4.11. The molecule has 1 aromatic carbocycles. The van der Waals surface area contributed by atoms with Gasteiger partial charge in [-0.3, -0.25) is 4.79 Å². The summed E-state index contributed by atoms with van der Waals surface area (Å²) in [6.07, 6.45) is 2.26. The highest BCUT2D eigenvalue weighted by molar-refractivity contribution is 5.73. The van der Waals surface area contributed by atoms with Crippen LogP contribution in [0.4, 0.5) is 0 Å². The molecule has 0 aliphatic carbocycles. The van der Waals surface area contributed by atoms with Crippen molar-refractivity contribution in [3.63, 3.8) is 0 Å². The second-order valence-corrected chi connectivity index (χ2v) is 2.81.